The molecule has 0 radical (unpaired) electrons. The molecule has 9 heteroatoms. The smallest absolute Gasteiger partial charge is 0.311 e. The van der Waals surface area contributed by atoms with Gasteiger partial charge in [-0.15, -0.1) is 11.8 Å². The van der Waals surface area contributed by atoms with E-state index in [0.717, 1.165) is 12.0 Å². The summed E-state index contributed by atoms with van der Waals surface area (Å²) in [4.78, 5) is 46.3. The third-order valence-electron chi connectivity index (χ3n) is 8.75. The maximum atomic E-state index is 14.7. The van der Waals surface area contributed by atoms with Gasteiger partial charge in [-0.3, -0.25) is 14.4 Å². The van der Waals surface area contributed by atoms with Crippen LogP contribution in [0.4, 0.5) is 5.69 Å². The van der Waals surface area contributed by atoms with Crippen molar-refractivity contribution in [3.63, 3.8) is 0 Å². The number of likely N-dealkylation sites (tertiary alicyclic amines) is 1. The lowest BCUT2D eigenvalue weighted by Crippen LogP contribution is -2.57. The van der Waals surface area contributed by atoms with Crippen molar-refractivity contribution in [1.29, 1.82) is 0 Å². The molecule has 4 aliphatic heterocycles. The third-order valence-corrected chi connectivity index (χ3v) is 10.9. The van der Waals surface area contributed by atoms with Crippen molar-refractivity contribution in [3.05, 3.63) is 89.5 Å². The molecule has 0 aliphatic carbocycles. The molecule has 4 heterocycles. The lowest BCUT2D eigenvalue weighted by molar-refractivity contribution is -0.154. The van der Waals surface area contributed by atoms with Crippen molar-refractivity contribution < 1.29 is 24.2 Å². The van der Waals surface area contributed by atoms with Crippen molar-refractivity contribution in [2.45, 2.75) is 47.8 Å². The molecule has 1 N–H and O–H groups in total. The molecule has 4 aliphatic rings. The normalized spacial score (nSPS) is 32.7. The zero-order valence-corrected chi connectivity index (χ0v) is 24.4. The van der Waals surface area contributed by atoms with Gasteiger partial charge in [0.1, 0.15) is 6.04 Å². The number of cyclic esters (lactones) is 1. The number of nitrogens with zero attached hydrogens (tertiary/aromatic N) is 2. The first-order valence-electron chi connectivity index (χ1n) is 14.1. The van der Waals surface area contributed by atoms with Crippen molar-refractivity contribution >= 4 is 46.8 Å². The van der Waals surface area contributed by atoms with Crippen LogP contribution in [0.2, 0.25) is 5.02 Å². The van der Waals surface area contributed by atoms with Crippen molar-refractivity contribution in [2.24, 2.45) is 11.8 Å². The van der Waals surface area contributed by atoms with Gasteiger partial charge in [-0.2, -0.15) is 0 Å². The monoisotopic (exact) mass is 592 g/mol. The first-order valence-corrected chi connectivity index (χ1v) is 15.3. The molecule has 7 nitrogen and oxygen atoms in total. The number of allylic oxidation sites excluding steroid dienone is 1. The number of amides is 2. The second-order valence-electron chi connectivity index (χ2n) is 11.3. The van der Waals surface area contributed by atoms with E-state index in [9.17, 15) is 19.5 Å². The maximum absolute atomic E-state index is 14.7. The van der Waals surface area contributed by atoms with Gasteiger partial charge < -0.3 is 19.6 Å². The average molecular weight is 593 g/mol. The van der Waals surface area contributed by atoms with Crippen LogP contribution in [0.3, 0.4) is 0 Å². The van der Waals surface area contributed by atoms with Crippen molar-refractivity contribution in [3.8, 4) is 0 Å². The quantitative estimate of drug-likeness (QED) is 0.408. The van der Waals surface area contributed by atoms with E-state index in [1.807, 2.05) is 61.5 Å². The Bertz CT molecular complexity index is 1420. The summed E-state index contributed by atoms with van der Waals surface area (Å²) in [5, 5.41) is 11.1. The summed E-state index contributed by atoms with van der Waals surface area (Å²) in [5.41, 5.74) is 1.49. The number of para-hydroxylation sites is 1. The molecule has 0 saturated carbocycles. The number of benzene rings is 2. The van der Waals surface area contributed by atoms with Crippen LogP contribution in [0.25, 0.3) is 0 Å². The second-order valence-corrected chi connectivity index (χ2v) is 13.5. The van der Waals surface area contributed by atoms with E-state index >= 15 is 0 Å². The molecular weight excluding hydrogens is 560 g/mol. The van der Waals surface area contributed by atoms with Gasteiger partial charge in [-0.05, 0) is 43.9 Å². The highest BCUT2D eigenvalue weighted by molar-refractivity contribution is 8.02. The van der Waals surface area contributed by atoms with E-state index < -0.39 is 39.4 Å². The Morgan fingerprint density at radius 3 is 2.54 bits per heavy atom. The van der Waals surface area contributed by atoms with Crippen LogP contribution in [0.5, 0.6) is 0 Å². The summed E-state index contributed by atoms with van der Waals surface area (Å²) in [5.74, 6) is -2.64. The van der Waals surface area contributed by atoms with Crippen LogP contribution in [-0.4, -0.2) is 69.1 Å². The van der Waals surface area contributed by atoms with E-state index in [1.165, 1.54) is 11.8 Å². The van der Waals surface area contributed by atoms with Gasteiger partial charge >= 0.3 is 5.97 Å². The van der Waals surface area contributed by atoms with Gasteiger partial charge in [0.2, 0.25) is 5.91 Å². The number of hydrogen-bond acceptors (Lipinski definition) is 6. The number of carbonyl (C=O) groups excluding carboxylic acids is 3. The lowest BCUT2D eigenvalue weighted by Gasteiger charge is -2.40. The van der Waals surface area contributed by atoms with Crippen LogP contribution < -0.4 is 4.90 Å². The number of carbonyl (C=O) groups is 3. The summed E-state index contributed by atoms with van der Waals surface area (Å²) in [7, 11) is 0. The molecule has 1 unspecified atom stereocenters. The zero-order chi connectivity index (χ0) is 28.8. The molecule has 0 bridgehead atoms. The number of anilines is 1. The van der Waals surface area contributed by atoms with E-state index in [4.69, 9.17) is 16.3 Å². The molecule has 2 amide bonds. The number of thioether (sulfide) groups is 1. The highest BCUT2D eigenvalue weighted by atomic mass is 35.5. The van der Waals surface area contributed by atoms with Crippen molar-refractivity contribution in [2.75, 3.05) is 24.7 Å². The number of fused-ring (bicyclic) bond motifs is 2. The van der Waals surface area contributed by atoms with Crippen molar-refractivity contribution in [1.82, 2.24) is 4.90 Å². The average Bonchev–Trinajstić information content (AvgIpc) is 3.32. The Morgan fingerprint density at radius 2 is 1.78 bits per heavy atom. The van der Waals surface area contributed by atoms with Crippen LogP contribution >= 0.6 is 23.4 Å². The van der Waals surface area contributed by atoms with Gasteiger partial charge in [-0.25, -0.2) is 0 Å². The van der Waals surface area contributed by atoms with Gasteiger partial charge in [0.05, 0.1) is 46.5 Å². The molecular formula is C32H33ClN2O5S. The fourth-order valence-electron chi connectivity index (χ4n) is 6.99. The molecule has 6 rings (SSSR count). The summed E-state index contributed by atoms with van der Waals surface area (Å²) >= 11 is 8.06. The van der Waals surface area contributed by atoms with Crippen LogP contribution in [-0.2, 0) is 25.5 Å². The molecule has 2 saturated heterocycles. The van der Waals surface area contributed by atoms with Gasteiger partial charge in [0.25, 0.3) is 5.91 Å². The molecule has 2 aromatic carbocycles. The number of aliphatic hydroxyl groups is 1. The molecule has 0 aromatic heterocycles. The zero-order valence-electron chi connectivity index (χ0n) is 22.8. The first kappa shape index (κ1) is 28.1. The number of aliphatic hydroxyl groups excluding tert-OH is 1. The van der Waals surface area contributed by atoms with Gasteiger partial charge in [0.15, 0.2) is 0 Å². The predicted octanol–water partition coefficient (Wildman–Crippen LogP) is 4.43. The molecule has 214 valence electrons. The summed E-state index contributed by atoms with van der Waals surface area (Å²) in [6.45, 7) is 2.18. The number of rotatable bonds is 5. The Kier molecular flexibility index (Phi) is 7.51. The summed E-state index contributed by atoms with van der Waals surface area (Å²) in [6, 6.07) is 15.1. The molecule has 41 heavy (non-hydrogen) atoms. The minimum absolute atomic E-state index is 0.264. The highest BCUT2D eigenvalue weighted by Crippen LogP contribution is 2.65. The van der Waals surface area contributed by atoms with E-state index in [-0.39, 0.29) is 31.6 Å². The highest BCUT2D eigenvalue weighted by Gasteiger charge is 2.74. The largest absolute Gasteiger partial charge is 0.465 e. The number of hydrogen-bond donors (Lipinski definition) is 1. The number of halogens is 1. The van der Waals surface area contributed by atoms with Gasteiger partial charge in [-0.1, -0.05) is 78.4 Å². The summed E-state index contributed by atoms with van der Waals surface area (Å²) < 4.78 is 3.90. The fraction of sp³-hybridized carbons (Fsp3) is 0.406. The summed E-state index contributed by atoms with van der Waals surface area (Å²) in [6.07, 6.45) is 9.79. The minimum Gasteiger partial charge on any atom is -0.465 e. The fourth-order valence-corrected chi connectivity index (χ4v) is 9.37. The number of ether oxygens (including phenoxy) is 1. The molecule has 2 aromatic rings. The molecule has 2 fully saturated rings. The predicted molar refractivity (Wildman–Crippen MR) is 160 cm³/mol. The number of esters is 1. The third kappa shape index (κ3) is 4.60. The maximum Gasteiger partial charge on any atom is 0.311 e. The SMILES string of the molecule is C[C@]12/C=C\CCCOC(=O)[C@H]1[C@H]1C(=O)N([C@@H](CO)Cc3ccccc3)C3C(=O)N(c4ccccc4Cl)CC=C[C@@]31S2. The Balaban J connectivity index is 1.51. The second kappa shape index (κ2) is 11.0. The van der Waals surface area contributed by atoms with Crippen LogP contribution in [0.1, 0.15) is 25.3 Å². The molecule has 6 atom stereocenters. The Hall–Kier alpha value is -3.07. The lowest BCUT2D eigenvalue weighted by atomic mass is 9.74. The van der Waals surface area contributed by atoms with Crippen LogP contribution in [0.15, 0.2) is 78.9 Å². The first-order chi connectivity index (χ1) is 19.8. The standard InChI is InChI=1S/C32H33ClN2O5S/c1-31-15-8-3-9-18-40-30(39)26(31)25-28(37)35(22(20-36)19-21-11-4-2-5-12-21)27-29(38)34(17-10-16-32(25,27)41-31)24-14-7-6-13-23(24)33/h2,4-8,10-16,22,25-27,36H,3,9,17-20H2,1H3/b15-8-/t22-,25+,26-,27?,31+,32+/m1/s1. The Labute approximate surface area is 249 Å². The van der Waals surface area contributed by atoms with Gasteiger partial charge in [0, 0.05) is 11.3 Å². The minimum atomic E-state index is -1.05. The topological polar surface area (TPSA) is 87.1 Å². The van der Waals surface area contributed by atoms with E-state index in [1.54, 1.807) is 28.0 Å². The van der Waals surface area contributed by atoms with Crippen LogP contribution in [0, 0.1) is 11.8 Å². The Morgan fingerprint density at radius 1 is 1.02 bits per heavy atom. The van der Waals surface area contributed by atoms with E-state index in [2.05, 4.69) is 6.08 Å². The molecule has 1 spiro atoms. The van der Waals surface area contributed by atoms with E-state index in [0.29, 0.717) is 23.6 Å².